The lowest BCUT2D eigenvalue weighted by molar-refractivity contribution is -0.115. The van der Waals surface area contributed by atoms with E-state index in [1.54, 1.807) is 0 Å². The van der Waals surface area contributed by atoms with Crippen molar-refractivity contribution in [1.29, 1.82) is 0 Å². The molecule has 0 amide bonds. The first-order chi connectivity index (χ1) is 6.62. The van der Waals surface area contributed by atoms with Crippen molar-refractivity contribution >= 4 is 12.6 Å². The van der Waals surface area contributed by atoms with Gasteiger partial charge in [-0.3, -0.25) is 0 Å². The first-order valence-corrected chi connectivity index (χ1v) is 5.52. The molecular weight excluding hydrogens is 176 g/mol. The number of hydrogen-bond donors (Lipinski definition) is 0. The summed E-state index contributed by atoms with van der Waals surface area (Å²) in [6.07, 6.45) is 9.32. The molecule has 0 bridgehead atoms. The minimum Gasteiger partial charge on any atom is -0.303 e. The van der Waals surface area contributed by atoms with Crippen molar-refractivity contribution in [3.05, 3.63) is 0 Å². The lowest BCUT2D eigenvalue weighted by atomic mass is 9.88. The molecule has 0 saturated carbocycles. The van der Waals surface area contributed by atoms with Crippen LogP contribution in [0.5, 0.6) is 0 Å². The van der Waals surface area contributed by atoms with E-state index in [9.17, 15) is 9.59 Å². The lowest BCUT2D eigenvalue weighted by Crippen LogP contribution is -2.12. The highest BCUT2D eigenvalue weighted by Crippen LogP contribution is 2.21. The standard InChI is InChI=1S/C12H22O2/c1-12(2,11-14)9-7-5-3-4-6-8-10-13/h10-11H,3-9H2,1-2H3. The Kier molecular flexibility index (Phi) is 7.35. The number of hydrogen-bond acceptors (Lipinski definition) is 2. The van der Waals surface area contributed by atoms with Gasteiger partial charge in [0, 0.05) is 11.8 Å². The normalized spacial score (nSPS) is 11.3. The molecule has 0 aliphatic rings. The second-order valence-corrected chi connectivity index (χ2v) is 4.58. The number of aldehydes is 2. The maximum absolute atomic E-state index is 10.6. The summed E-state index contributed by atoms with van der Waals surface area (Å²) >= 11 is 0. The molecule has 0 fully saturated rings. The van der Waals surface area contributed by atoms with Gasteiger partial charge in [-0.25, -0.2) is 0 Å². The van der Waals surface area contributed by atoms with Crippen molar-refractivity contribution in [2.45, 2.75) is 58.8 Å². The van der Waals surface area contributed by atoms with Gasteiger partial charge in [0.05, 0.1) is 0 Å². The maximum Gasteiger partial charge on any atom is 0.125 e. The third-order valence-electron chi connectivity index (χ3n) is 2.46. The van der Waals surface area contributed by atoms with Crippen LogP contribution in [0.4, 0.5) is 0 Å². The highest BCUT2D eigenvalue weighted by molar-refractivity contribution is 5.57. The van der Waals surface area contributed by atoms with Gasteiger partial charge in [-0.15, -0.1) is 0 Å². The monoisotopic (exact) mass is 198 g/mol. The van der Waals surface area contributed by atoms with Crippen LogP contribution in [0.2, 0.25) is 0 Å². The summed E-state index contributed by atoms with van der Waals surface area (Å²) in [7, 11) is 0. The smallest absolute Gasteiger partial charge is 0.125 e. The Bertz CT molecular complexity index is 162. The van der Waals surface area contributed by atoms with Crippen LogP contribution in [0.15, 0.2) is 0 Å². The van der Waals surface area contributed by atoms with E-state index >= 15 is 0 Å². The van der Waals surface area contributed by atoms with E-state index in [-0.39, 0.29) is 5.41 Å². The molecule has 0 heterocycles. The van der Waals surface area contributed by atoms with Crippen molar-refractivity contribution in [2.75, 3.05) is 0 Å². The Morgan fingerprint density at radius 1 is 0.929 bits per heavy atom. The molecule has 14 heavy (non-hydrogen) atoms. The van der Waals surface area contributed by atoms with Gasteiger partial charge >= 0.3 is 0 Å². The number of rotatable bonds is 9. The molecule has 2 nitrogen and oxygen atoms in total. The SMILES string of the molecule is CC(C)(C=O)CCCCCCCC=O. The van der Waals surface area contributed by atoms with E-state index in [2.05, 4.69) is 0 Å². The van der Waals surface area contributed by atoms with Crippen molar-refractivity contribution in [3.63, 3.8) is 0 Å². The summed E-state index contributed by atoms with van der Waals surface area (Å²) < 4.78 is 0. The fourth-order valence-electron chi connectivity index (χ4n) is 1.40. The Hall–Kier alpha value is -0.660. The lowest BCUT2D eigenvalue weighted by Gasteiger charge is -2.15. The molecule has 2 heteroatoms. The van der Waals surface area contributed by atoms with Gasteiger partial charge in [0.2, 0.25) is 0 Å². The molecule has 0 unspecified atom stereocenters. The van der Waals surface area contributed by atoms with Gasteiger partial charge in [-0.1, -0.05) is 39.5 Å². The van der Waals surface area contributed by atoms with Crippen LogP contribution in [0.3, 0.4) is 0 Å². The van der Waals surface area contributed by atoms with E-state index < -0.39 is 0 Å². The highest BCUT2D eigenvalue weighted by atomic mass is 16.1. The van der Waals surface area contributed by atoms with Gasteiger partial charge < -0.3 is 9.59 Å². The zero-order valence-electron chi connectivity index (χ0n) is 9.42. The second-order valence-electron chi connectivity index (χ2n) is 4.58. The van der Waals surface area contributed by atoms with Crippen LogP contribution in [-0.2, 0) is 9.59 Å². The molecule has 0 aromatic rings. The average Bonchev–Trinajstić information content (AvgIpc) is 2.16. The van der Waals surface area contributed by atoms with Crippen molar-refractivity contribution in [3.8, 4) is 0 Å². The minimum absolute atomic E-state index is 0.150. The summed E-state index contributed by atoms with van der Waals surface area (Å²) in [5.41, 5.74) is -0.150. The van der Waals surface area contributed by atoms with Gasteiger partial charge in [-0.2, -0.15) is 0 Å². The fourth-order valence-corrected chi connectivity index (χ4v) is 1.40. The molecule has 0 radical (unpaired) electrons. The summed E-state index contributed by atoms with van der Waals surface area (Å²) in [6.45, 7) is 3.96. The third kappa shape index (κ3) is 7.96. The van der Waals surface area contributed by atoms with Crippen LogP contribution in [0.1, 0.15) is 58.8 Å². The van der Waals surface area contributed by atoms with E-state index in [4.69, 9.17) is 0 Å². The van der Waals surface area contributed by atoms with E-state index in [1.165, 1.54) is 12.8 Å². The molecule has 0 aromatic heterocycles. The predicted molar refractivity (Wildman–Crippen MR) is 58.2 cm³/mol. The summed E-state index contributed by atoms with van der Waals surface area (Å²) in [5.74, 6) is 0. The maximum atomic E-state index is 10.6. The number of unbranched alkanes of at least 4 members (excludes halogenated alkanes) is 5. The van der Waals surface area contributed by atoms with E-state index in [1.807, 2.05) is 13.8 Å². The van der Waals surface area contributed by atoms with Gasteiger partial charge in [0.1, 0.15) is 12.6 Å². The molecule has 0 spiro atoms. The molecule has 0 rings (SSSR count). The summed E-state index contributed by atoms with van der Waals surface area (Å²) in [4.78, 5) is 20.6. The van der Waals surface area contributed by atoms with Gasteiger partial charge in [-0.05, 0) is 12.8 Å². The average molecular weight is 198 g/mol. The summed E-state index contributed by atoms with van der Waals surface area (Å²) in [6, 6.07) is 0. The molecule has 82 valence electrons. The molecule has 0 aliphatic heterocycles. The van der Waals surface area contributed by atoms with Crippen molar-refractivity contribution in [1.82, 2.24) is 0 Å². The molecule has 0 N–H and O–H groups in total. The molecular formula is C12H22O2. The van der Waals surface area contributed by atoms with Crippen LogP contribution < -0.4 is 0 Å². The highest BCUT2D eigenvalue weighted by Gasteiger charge is 2.14. The van der Waals surface area contributed by atoms with Crippen LogP contribution in [-0.4, -0.2) is 12.6 Å². The molecule has 0 aliphatic carbocycles. The predicted octanol–water partition coefficient (Wildman–Crippen LogP) is 3.14. The quantitative estimate of drug-likeness (QED) is 0.421. The molecule has 0 saturated heterocycles. The van der Waals surface area contributed by atoms with Crippen molar-refractivity contribution in [2.24, 2.45) is 5.41 Å². The van der Waals surface area contributed by atoms with Crippen molar-refractivity contribution < 1.29 is 9.59 Å². The third-order valence-corrected chi connectivity index (χ3v) is 2.46. The zero-order valence-corrected chi connectivity index (χ0v) is 9.42. The largest absolute Gasteiger partial charge is 0.303 e. The molecule has 0 aromatic carbocycles. The topological polar surface area (TPSA) is 34.1 Å². The first-order valence-electron chi connectivity index (χ1n) is 5.52. The van der Waals surface area contributed by atoms with E-state index in [0.717, 1.165) is 38.3 Å². The Morgan fingerprint density at radius 3 is 2.07 bits per heavy atom. The Balaban J connectivity index is 3.21. The summed E-state index contributed by atoms with van der Waals surface area (Å²) in [5, 5.41) is 0. The number of carbonyl (C=O) groups excluding carboxylic acids is 2. The van der Waals surface area contributed by atoms with E-state index in [0.29, 0.717) is 6.42 Å². The fraction of sp³-hybridized carbons (Fsp3) is 0.833. The first kappa shape index (κ1) is 13.3. The number of carbonyl (C=O) groups is 2. The Labute approximate surface area is 87.1 Å². The van der Waals surface area contributed by atoms with Crippen LogP contribution in [0, 0.1) is 5.41 Å². The second kappa shape index (κ2) is 7.72. The Morgan fingerprint density at radius 2 is 1.50 bits per heavy atom. The zero-order chi connectivity index (χ0) is 10.9. The van der Waals surface area contributed by atoms with Crippen LogP contribution >= 0.6 is 0 Å². The van der Waals surface area contributed by atoms with Gasteiger partial charge in [0.25, 0.3) is 0 Å². The minimum atomic E-state index is -0.150. The van der Waals surface area contributed by atoms with Crippen LogP contribution in [0.25, 0.3) is 0 Å². The molecule has 0 atom stereocenters. The van der Waals surface area contributed by atoms with Gasteiger partial charge in [0.15, 0.2) is 0 Å².